The summed E-state index contributed by atoms with van der Waals surface area (Å²) in [6.07, 6.45) is 7.86. The molecule has 1 aromatic carbocycles. The normalized spacial score (nSPS) is 20.0. The van der Waals surface area contributed by atoms with E-state index in [9.17, 15) is 13.2 Å². The van der Waals surface area contributed by atoms with Gasteiger partial charge in [0.05, 0.1) is 4.90 Å². The van der Waals surface area contributed by atoms with Crippen molar-refractivity contribution in [3.63, 3.8) is 0 Å². The van der Waals surface area contributed by atoms with Crippen molar-refractivity contribution >= 4 is 21.6 Å². The molecule has 0 atom stereocenters. The van der Waals surface area contributed by atoms with Crippen LogP contribution in [0.15, 0.2) is 29.2 Å². The zero-order chi connectivity index (χ0) is 19.3. The van der Waals surface area contributed by atoms with Crippen LogP contribution in [0.3, 0.4) is 0 Å². The summed E-state index contributed by atoms with van der Waals surface area (Å²) in [4.78, 5) is 14.2. The first-order chi connectivity index (χ1) is 13.0. The first kappa shape index (κ1) is 20.3. The molecule has 0 spiro atoms. The Morgan fingerprint density at radius 2 is 1.70 bits per heavy atom. The Kier molecular flexibility index (Phi) is 6.89. The van der Waals surface area contributed by atoms with Crippen molar-refractivity contribution in [2.45, 2.75) is 62.8 Å². The van der Waals surface area contributed by atoms with E-state index >= 15 is 0 Å². The summed E-state index contributed by atoms with van der Waals surface area (Å²) in [5.41, 5.74) is 0.611. The lowest BCUT2D eigenvalue weighted by molar-refractivity contribution is -0.115. The average Bonchev–Trinajstić information content (AvgIpc) is 3.22. The number of anilines is 1. The molecular formula is C20H31N3O3S. The second-order valence-electron chi connectivity index (χ2n) is 7.70. The fourth-order valence-electron chi connectivity index (χ4n) is 4.07. The number of carbonyl (C=O) groups is 1. The number of rotatable bonds is 7. The van der Waals surface area contributed by atoms with E-state index in [2.05, 4.69) is 14.9 Å². The van der Waals surface area contributed by atoms with E-state index in [1.807, 2.05) is 0 Å². The van der Waals surface area contributed by atoms with Gasteiger partial charge in [-0.3, -0.25) is 4.79 Å². The summed E-state index contributed by atoms with van der Waals surface area (Å²) < 4.78 is 27.8. The van der Waals surface area contributed by atoms with E-state index in [1.54, 1.807) is 19.1 Å². The van der Waals surface area contributed by atoms with Gasteiger partial charge in [0.1, 0.15) is 0 Å². The van der Waals surface area contributed by atoms with E-state index in [0.29, 0.717) is 24.6 Å². The maximum Gasteiger partial charge on any atom is 0.240 e. The number of benzene rings is 1. The highest BCUT2D eigenvalue weighted by Crippen LogP contribution is 2.27. The van der Waals surface area contributed by atoms with Gasteiger partial charge in [0.2, 0.25) is 15.9 Å². The number of amides is 1. The number of nitrogens with one attached hydrogen (secondary N) is 2. The average molecular weight is 394 g/mol. The Bertz CT molecular complexity index is 719. The summed E-state index contributed by atoms with van der Waals surface area (Å²) in [5, 5.41) is 2.72. The van der Waals surface area contributed by atoms with E-state index in [4.69, 9.17) is 0 Å². The van der Waals surface area contributed by atoms with Crippen LogP contribution in [0.25, 0.3) is 0 Å². The highest BCUT2D eigenvalue weighted by Gasteiger charge is 2.27. The van der Waals surface area contributed by atoms with Gasteiger partial charge in [0, 0.05) is 24.7 Å². The summed E-state index contributed by atoms with van der Waals surface area (Å²) in [5.74, 6) is 0.313. The number of carbonyl (C=O) groups excluding carboxylic acids is 1. The second kappa shape index (κ2) is 9.17. The van der Waals surface area contributed by atoms with Gasteiger partial charge in [-0.05, 0) is 69.0 Å². The largest absolute Gasteiger partial charge is 0.326 e. The summed E-state index contributed by atoms with van der Waals surface area (Å²) >= 11 is 0. The molecule has 1 heterocycles. The van der Waals surface area contributed by atoms with Crippen molar-refractivity contribution in [1.82, 2.24) is 9.62 Å². The topological polar surface area (TPSA) is 78.5 Å². The van der Waals surface area contributed by atoms with Gasteiger partial charge in [0.15, 0.2) is 0 Å². The molecule has 150 valence electrons. The molecule has 1 aromatic rings. The molecule has 1 saturated heterocycles. The molecule has 2 fully saturated rings. The lowest BCUT2D eigenvalue weighted by Gasteiger charge is -2.36. The second-order valence-corrected chi connectivity index (χ2v) is 9.46. The Balaban J connectivity index is 1.48. The van der Waals surface area contributed by atoms with E-state index < -0.39 is 10.0 Å². The summed E-state index contributed by atoms with van der Waals surface area (Å²) in [6, 6.07) is 7.09. The maximum atomic E-state index is 12.5. The van der Waals surface area contributed by atoms with Crippen molar-refractivity contribution < 1.29 is 13.2 Å². The van der Waals surface area contributed by atoms with Gasteiger partial charge in [-0.2, -0.15) is 0 Å². The molecule has 2 aliphatic rings. The number of piperidine rings is 1. The number of likely N-dealkylation sites (tertiary alicyclic amines) is 1. The van der Waals surface area contributed by atoms with E-state index in [0.717, 1.165) is 32.0 Å². The van der Waals surface area contributed by atoms with Crippen molar-refractivity contribution in [1.29, 1.82) is 0 Å². The highest BCUT2D eigenvalue weighted by atomic mass is 32.2. The minimum Gasteiger partial charge on any atom is -0.326 e. The first-order valence-electron chi connectivity index (χ1n) is 10.1. The van der Waals surface area contributed by atoms with Gasteiger partial charge in [-0.1, -0.05) is 19.8 Å². The number of hydrogen-bond donors (Lipinski definition) is 2. The van der Waals surface area contributed by atoms with Crippen LogP contribution in [0.2, 0.25) is 0 Å². The molecule has 0 aromatic heterocycles. The third kappa shape index (κ3) is 5.53. The standard InChI is InChI=1S/C20H31N3O3S/c1-2-20(24)22-17-7-9-19(10-8-17)27(25,26)21-15-16-11-13-23(14-12-16)18-5-3-4-6-18/h7-10,16,18,21H,2-6,11-15H2,1H3,(H,22,24). The molecule has 1 aliphatic carbocycles. The minimum atomic E-state index is -3.52. The molecule has 6 nitrogen and oxygen atoms in total. The highest BCUT2D eigenvalue weighted by molar-refractivity contribution is 7.89. The van der Waals surface area contributed by atoms with Crippen LogP contribution in [0.5, 0.6) is 0 Å². The smallest absolute Gasteiger partial charge is 0.240 e. The number of sulfonamides is 1. The van der Waals surface area contributed by atoms with Gasteiger partial charge in [0.25, 0.3) is 0 Å². The Morgan fingerprint density at radius 1 is 1.07 bits per heavy atom. The molecule has 1 amide bonds. The quantitative estimate of drug-likeness (QED) is 0.746. The van der Waals surface area contributed by atoms with E-state index in [1.165, 1.54) is 37.8 Å². The molecule has 1 saturated carbocycles. The maximum absolute atomic E-state index is 12.5. The molecule has 3 rings (SSSR count). The zero-order valence-electron chi connectivity index (χ0n) is 16.1. The molecule has 27 heavy (non-hydrogen) atoms. The predicted molar refractivity (Wildman–Crippen MR) is 107 cm³/mol. The van der Waals surface area contributed by atoms with Gasteiger partial charge in [-0.15, -0.1) is 0 Å². The lowest BCUT2D eigenvalue weighted by Crippen LogP contribution is -2.42. The van der Waals surface area contributed by atoms with Crippen LogP contribution in [0.4, 0.5) is 5.69 Å². The minimum absolute atomic E-state index is 0.0901. The summed E-state index contributed by atoms with van der Waals surface area (Å²) in [6.45, 7) is 4.44. The lowest BCUT2D eigenvalue weighted by atomic mass is 9.96. The van der Waals surface area contributed by atoms with Crippen LogP contribution in [-0.4, -0.2) is 44.9 Å². The van der Waals surface area contributed by atoms with Gasteiger partial charge < -0.3 is 10.2 Å². The van der Waals surface area contributed by atoms with Crippen molar-refractivity contribution in [2.24, 2.45) is 5.92 Å². The summed E-state index contributed by atoms with van der Waals surface area (Å²) in [7, 11) is -3.52. The SMILES string of the molecule is CCC(=O)Nc1ccc(S(=O)(=O)NCC2CCN(C3CCCC3)CC2)cc1. The first-order valence-corrected chi connectivity index (χ1v) is 11.6. The molecule has 1 aliphatic heterocycles. The molecule has 0 bridgehead atoms. The van der Waals surface area contributed by atoms with Gasteiger partial charge in [-0.25, -0.2) is 13.1 Å². The Labute approximate surface area is 162 Å². The fraction of sp³-hybridized carbons (Fsp3) is 0.650. The van der Waals surface area contributed by atoms with Crippen molar-refractivity contribution in [3.8, 4) is 0 Å². The molecule has 0 unspecified atom stereocenters. The predicted octanol–water partition coefficient (Wildman–Crippen LogP) is 2.97. The monoisotopic (exact) mass is 393 g/mol. The van der Waals surface area contributed by atoms with Crippen LogP contribution in [0.1, 0.15) is 51.9 Å². The number of nitrogens with zero attached hydrogens (tertiary/aromatic N) is 1. The zero-order valence-corrected chi connectivity index (χ0v) is 16.9. The molecule has 2 N–H and O–H groups in total. The Morgan fingerprint density at radius 3 is 2.30 bits per heavy atom. The third-order valence-electron chi connectivity index (χ3n) is 5.82. The van der Waals surface area contributed by atoms with Crippen LogP contribution in [-0.2, 0) is 14.8 Å². The van der Waals surface area contributed by atoms with Crippen LogP contribution >= 0.6 is 0 Å². The molecule has 7 heteroatoms. The van der Waals surface area contributed by atoms with E-state index in [-0.39, 0.29) is 10.8 Å². The molecule has 0 radical (unpaired) electrons. The molecular weight excluding hydrogens is 362 g/mol. The number of hydrogen-bond acceptors (Lipinski definition) is 4. The third-order valence-corrected chi connectivity index (χ3v) is 7.26. The Hall–Kier alpha value is -1.44. The van der Waals surface area contributed by atoms with Crippen molar-refractivity contribution in [2.75, 3.05) is 25.0 Å². The van der Waals surface area contributed by atoms with Crippen LogP contribution < -0.4 is 10.0 Å². The van der Waals surface area contributed by atoms with Gasteiger partial charge >= 0.3 is 0 Å². The fourth-order valence-corrected chi connectivity index (χ4v) is 5.19. The van der Waals surface area contributed by atoms with Crippen LogP contribution in [0, 0.1) is 5.92 Å². The van der Waals surface area contributed by atoms with Crippen molar-refractivity contribution in [3.05, 3.63) is 24.3 Å².